The van der Waals surface area contributed by atoms with E-state index in [0.29, 0.717) is 11.6 Å². The Morgan fingerprint density at radius 3 is 1.86 bits per heavy atom. The number of unbranched alkanes of at least 4 members (excludes halogenated alkanes) is 4. The fraction of sp³-hybridized carbons (Fsp3) is 0.479. The van der Waals surface area contributed by atoms with Gasteiger partial charge >= 0.3 is 17.9 Å². The number of aliphatic carboxylic acids is 1. The summed E-state index contributed by atoms with van der Waals surface area (Å²) in [7, 11) is 1.57. The summed E-state index contributed by atoms with van der Waals surface area (Å²) in [6.07, 6.45) is 7.53. The topological polar surface area (TPSA) is 214 Å². The van der Waals surface area contributed by atoms with E-state index in [1.807, 2.05) is 24.3 Å². The molecule has 0 spiro atoms. The molecule has 5 atom stereocenters. The van der Waals surface area contributed by atoms with Crippen LogP contribution in [0.25, 0.3) is 22.8 Å². The van der Waals surface area contributed by atoms with Gasteiger partial charge in [0.25, 0.3) is 0 Å². The number of Topliss-reactive ketones (excluding diaryl/α,β-unsaturated/α-hetero) is 1. The molecule has 5 rings (SSSR count). The normalized spacial score (nSPS) is 16.9. The van der Waals surface area contributed by atoms with E-state index in [-0.39, 0.29) is 88.6 Å². The number of aromatic nitrogens is 3. The molecule has 4 aromatic rings. The lowest BCUT2D eigenvalue weighted by Crippen LogP contribution is -2.32. The number of nitrogens with zero attached hydrogens (tertiary/aromatic N) is 3. The number of carboxylic acids is 1. The summed E-state index contributed by atoms with van der Waals surface area (Å²) in [6, 6.07) is 16.2. The van der Waals surface area contributed by atoms with Crippen molar-refractivity contribution in [3.63, 3.8) is 0 Å². The fourth-order valence-electron chi connectivity index (χ4n) is 7.94. The van der Waals surface area contributed by atoms with E-state index in [9.17, 15) is 34.5 Å². The maximum Gasteiger partial charge on any atom is 0.349 e. The Morgan fingerprint density at radius 2 is 1.30 bits per heavy atom. The second-order valence-electron chi connectivity index (χ2n) is 16.1. The lowest BCUT2D eigenvalue weighted by Gasteiger charge is -2.37. The number of phenolic OH excluding ortho intramolecular Hbond substituents is 2. The first-order valence-corrected chi connectivity index (χ1v) is 21.7. The highest BCUT2D eigenvalue weighted by Gasteiger charge is 2.35. The van der Waals surface area contributed by atoms with E-state index < -0.39 is 36.9 Å². The van der Waals surface area contributed by atoms with E-state index >= 15 is 0 Å². The third kappa shape index (κ3) is 14.1. The molecule has 1 heterocycles. The second kappa shape index (κ2) is 23.3. The molecule has 0 radical (unpaired) electrons. The van der Waals surface area contributed by atoms with E-state index in [1.54, 1.807) is 26.2 Å². The molecule has 0 amide bonds. The van der Waals surface area contributed by atoms with E-state index in [2.05, 4.69) is 21.9 Å². The van der Waals surface area contributed by atoms with Crippen LogP contribution in [-0.4, -0.2) is 80.1 Å². The van der Waals surface area contributed by atoms with Crippen LogP contribution in [-0.2, 0) is 35.1 Å². The average molecular weight is 870 g/mol. The first kappa shape index (κ1) is 47.8. The van der Waals surface area contributed by atoms with Crippen molar-refractivity contribution < 1.29 is 58.2 Å². The zero-order valence-corrected chi connectivity index (χ0v) is 36.7. The summed E-state index contributed by atoms with van der Waals surface area (Å²) < 4.78 is 27.2. The monoisotopic (exact) mass is 869 g/mol. The van der Waals surface area contributed by atoms with Gasteiger partial charge in [0.2, 0.25) is 6.79 Å². The van der Waals surface area contributed by atoms with Gasteiger partial charge in [-0.3, -0.25) is 14.4 Å². The highest BCUT2D eigenvalue weighted by molar-refractivity contribution is 5.80. The number of esters is 2. The molecular formula is C48H59N3O12. The number of ether oxygens (including phenoxy) is 5. The smallest absolute Gasteiger partial charge is 0.349 e. The van der Waals surface area contributed by atoms with E-state index in [4.69, 9.17) is 23.7 Å². The van der Waals surface area contributed by atoms with Crippen LogP contribution in [0.1, 0.15) is 110 Å². The maximum absolute atomic E-state index is 12.9. The molecular weight excluding hydrogens is 811 g/mol. The number of hydrogen-bond donors (Lipinski definition) is 3. The summed E-state index contributed by atoms with van der Waals surface area (Å²) in [4.78, 5) is 63.0. The fourth-order valence-corrected chi connectivity index (χ4v) is 7.94. The molecule has 0 aliphatic heterocycles. The van der Waals surface area contributed by atoms with Crippen molar-refractivity contribution >= 4 is 23.7 Å². The lowest BCUT2D eigenvalue weighted by atomic mass is 9.67. The first-order chi connectivity index (χ1) is 30.2. The van der Waals surface area contributed by atoms with Gasteiger partial charge in [-0.05, 0) is 99.7 Å². The van der Waals surface area contributed by atoms with Crippen molar-refractivity contribution in [3.05, 3.63) is 72.1 Å². The molecule has 15 nitrogen and oxygen atoms in total. The highest BCUT2D eigenvalue weighted by Crippen LogP contribution is 2.42. The molecule has 0 saturated heterocycles. The maximum atomic E-state index is 12.9. The van der Waals surface area contributed by atoms with Gasteiger partial charge < -0.3 is 39.0 Å². The number of carboxylic acid groups (broad SMARTS) is 1. The molecule has 1 fully saturated rings. The Kier molecular flexibility index (Phi) is 17.7. The van der Waals surface area contributed by atoms with Gasteiger partial charge in [-0.25, -0.2) is 19.7 Å². The molecule has 63 heavy (non-hydrogen) atoms. The van der Waals surface area contributed by atoms with E-state index in [1.165, 1.54) is 44.5 Å². The Bertz CT molecular complexity index is 2180. The zero-order chi connectivity index (χ0) is 45.5. The van der Waals surface area contributed by atoms with Crippen molar-refractivity contribution in [1.82, 2.24) is 15.0 Å². The molecule has 338 valence electrons. The van der Waals surface area contributed by atoms with Gasteiger partial charge in [0.1, 0.15) is 34.6 Å². The SMILES string of the molecule is CCCCCCCC1C(CC(=O)O)CCCC1CC(=O)OCOC(=O)C(C)Oc1ccc(-c2nc(Cc3ccc(OC)cc3)nc(-c3ccc(OC(C)C(C)=O)cc3O)n2)c(O)c1. The quantitative estimate of drug-likeness (QED) is 0.0361. The molecule has 1 aliphatic carbocycles. The molecule has 1 aliphatic rings. The van der Waals surface area contributed by atoms with Crippen LogP contribution in [0.3, 0.4) is 0 Å². The lowest BCUT2D eigenvalue weighted by molar-refractivity contribution is -0.172. The largest absolute Gasteiger partial charge is 0.507 e. The van der Waals surface area contributed by atoms with Crippen LogP contribution >= 0.6 is 0 Å². The Balaban J connectivity index is 1.23. The van der Waals surface area contributed by atoms with Gasteiger partial charge in [0, 0.05) is 31.4 Å². The molecule has 15 heteroatoms. The number of carbonyl (C=O) groups is 4. The van der Waals surface area contributed by atoms with Crippen LogP contribution in [0.4, 0.5) is 0 Å². The van der Waals surface area contributed by atoms with Crippen LogP contribution in [0, 0.1) is 17.8 Å². The Morgan fingerprint density at radius 1 is 0.730 bits per heavy atom. The zero-order valence-electron chi connectivity index (χ0n) is 36.7. The molecule has 1 aromatic heterocycles. The van der Waals surface area contributed by atoms with Gasteiger partial charge in [-0.2, -0.15) is 0 Å². The van der Waals surface area contributed by atoms with Gasteiger partial charge in [0.05, 0.1) is 18.2 Å². The van der Waals surface area contributed by atoms with Crippen molar-refractivity contribution in [2.75, 3.05) is 13.9 Å². The Labute approximate surface area is 368 Å². The highest BCUT2D eigenvalue weighted by atomic mass is 16.7. The van der Waals surface area contributed by atoms with Crippen LogP contribution < -0.4 is 14.2 Å². The minimum absolute atomic E-state index is 0.00163. The minimum atomic E-state index is -1.14. The second-order valence-corrected chi connectivity index (χ2v) is 16.1. The Hall–Kier alpha value is -6.25. The van der Waals surface area contributed by atoms with Gasteiger partial charge in [0.15, 0.2) is 29.6 Å². The summed E-state index contributed by atoms with van der Waals surface area (Å²) in [5, 5.41) is 31.8. The molecule has 1 saturated carbocycles. The summed E-state index contributed by atoms with van der Waals surface area (Å²) >= 11 is 0. The van der Waals surface area contributed by atoms with Crippen LogP contribution in [0.2, 0.25) is 0 Å². The van der Waals surface area contributed by atoms with Crippen LogP contribution in [0.15, 0.2) is 60.7 Å². The number of ketones is 1. The molecule has 3 N–H and O–H groups in total. The number of phenols is 2. The molecule has 3 aromatic carbocycles. The predicted molar refractivity (Wildman–Crippen MR) is 232 cm³/mol. The third-order valence-electron chi connectivity index (χ3n) is 11.4. The van der Waals surface area contributed by atoms with Crippen molar-refractivity contribution in [2.24, 2.45) is 17.8 Å². The summed E-state index contributed by atoms with van der Waals surface area (Å²) in [5.41, 5.74) is 1.33. The number of methoxy groups -OCH3 is 1. The summed E-state index contributed by atoms with van der Waals surface area (Å²) in [6.45, 7) is 6.03. The van der Waals surface area contributed by atoms with E-state index in [0.717, 1.165) is 56.9 Å². The van der Waals surface area contributed by atoms with Crippen molar-refractivity contribution in [3.8, 4) is 51.5 Å². The number of rotatable bonds is 23. The predicted octanol–water partition coefficient (Wildman–Crippen LogP) is 8.64. The van der Waals surface area contributed by atoms with Crippen molar-refractivity contribution in [2.45, 2.75) is 117 Å². The third-order valence-corrected chi connectivity index (χ3v) is 11.4. The molecule has 0 bridgehead atoms. The van der Waals surface area contributed by atoms with Crippen molar-refractivity contribution in [1.29, 1.82) is 0 Å². The number of aromatic hydroxyl groups is 2. The first-order valence-electron chi connectivity index (χ1n) is 21.7. The van der Waals surface area contributed by atoms with Gasteiger partial charge in [-0.15, -0.1) is 0 Å². The number of hydrogen-bond acceptors (Lipinski definition) is 14. The number of benzene rings is 3. The number of carbonyl (C=O) groups excluding carboxylic acids is 3. The van der Waals surface area contributed by atoms with Crippen LogP contribution in [0.5, 0.6) is 28.7 Å². The van der Waals surface area contributed by atoms with Gasteiger partial charge in [-0.1, -0.05) is 57.6 Å². The standard InChI is InChI=1S/C48H59N3O12/c1-6-7-8-9-10-14-38-33(24-44(55)56)12-11-13-34(38)25-45(57)60-28-61-48(58)31(4)63-37-20-22-40(42(54)27-37)47-50-43(23-32-15-17-35(59-5)18-16-32)49-46(51-47)39-21-19-36(26-41(39)53)62-30(3)29(2)52/h15-22,26-27,30-31,33-34,38,53-54H,6-14,23-25,28H2,1-5H3,(H,55,56). The molecule has 5 unspecified atom stereocenters. The summed E-state index contributed by atoms with van der Waals surface area (Å²) in [5.74, 6) is -1.01. The average Bonchev–Trinajstić information content (AvgIpc) is 3.24. The minimum Gasteiger partial charge on any atom is -0.507 e.